The lowest BCUT2D eigenvalue weighted by Gasteiger charge is -2.18. The molecule has 166 valence electrons. The van der Waals surface area contributed by atoms with Crippen LogP contribution in [0.1, 0.15) is 58.1 Å². The fraction of sp³-hybridized carbons (Fsp3) is 0.346. The lowest BCUT2D eigenvalue weighted by Crippen LogP contribution is -2.23. The number of aromatic nitrogens is 3. The van der Waals surface area contributed by atoms with E-state index >= 15 is 0 Å². The molecule has 2 aromatic heterocycles. The number of nitrogens with zero attached hydrogens (tertiary/aromatic N) is 3. The van der Waals surface area contributed by atoms with E-state index in [0.717, 1.165) is 29.9 Å². The predicted octanol–water partition coefficient (Wildman–Crippen LogP) is 5.23. The van der Waals surface area contributed by atoms with E-state index < -0.39 is 0 Å². The summed E-state index contributed by atoms with van der Waals surface area (Å²) in [5.41, 5.74) is 3.06. The summed E-state index contributed by atoms with van der Waals surface area (Å²) < 4.78 is 7.77. The third kappa shape index (κ3) is 4.91. The number of unbranched alkanes of at least 4 members (excludes halogenated alkanes) is 2. The normalized spacial score (nSPS) is 12.6. The van der Waals surface area contributed by atoms with Gasteiger partial charge in [-0.05, 0) is 41.2 Å². The molecule has 2 heterocycles. The highest BCUT2D eigenvalue weighted by Crippen LogP contribution is 2.25. The Bertz CT molecular complexity index is 1300. The van der Waals surface area contributed by atoms with Crippen LogP contribution in [0.5, 0.6) is 5.75 Å². The van der Waals surface area contributed by atoms with E-state index in [1.165, 1.54) is 34.3 Å². The fourth-order valence-electron chi connectivity index (χ4n) is 3.43. The van der Waals surface area contributed by atoms with E-state index in [1.807, 2.05) is 42.5 Å². The summed E-state index contributed by atoms with van der Waals surface area (Å²) in [4.78, 5) is 18.0. The molecule has 0 spiro atoms. The van der Waals surface area contributed by atoms with Crippen LogP contribution in [0, 0.1) is 0 Å². The number of thiazole rings is 1. The molecular formula is C26H29N3O2S. The maximum Gasteiger partial charge on any atom is 0.291 e. The smallest absolute Gasteiger partial charge is 0.291 e. The molecule has 0 aliphatic heterocycles. The van der Waals surface area contributed by atoms with Gasteiger partial charge in [-0.3, -0.25) is 4.79 Å². The van der Waals surface area contributed by atoms with Gasteiger partial charge in [0.25, 0.3) is 5.56 Å². The Morgan fingerprint density at radius 1 is 1.03 bits per heavy atom. The molecular weight excluding hydrogens is 418 g/mol. The first-order chi connectivity index (χ1) is 15.3. The molecule has 4 rings (SSSR count). The SMILES string of the molecule is CCCCCOc1ccc(/C=c2/sc3nc(-c4ccc(C(C)(C)C)cc4)nn3c2=O)cc1. The number of fused-ring (bicyclic) bond motifs is 1. The lowest BCUT2D eigenvalue weighted by molar-refractivity contribution is 0.306. The van der Waals surface area contributed by atoms with Gasteiger partial charge in [-0.2, -0.15) is 9.50 Å². The highest BCUT2D eigenvalue weighted by molar-refractivity contribution is 7.15. The molecule has 0 radical (unpaired) electrons. The third-order valence-electron chi connectivity index (χ3n) is 5.39. The van der Waals surface area contributed by atoms with Crippen molar-refractivity contribution < 1.29 is 4.74 Å². The van der Waals surface area contributed by atoms with E-state index in [-0.39, 0.29) is 11.0 Å². The molecule has 2 aromatic carbocycles. The van der Waals surface area contributed by atoms with Gasteiger partial charge in [-0.25, -0.2) is 0 Å². The second-order valence-corrected chi connectivity index (χ2v) is 10.0. The number of ether oxygens (including phenoxy) is 1. The molecule has 0 bridgehead atoms. The first-order valence-electron chi connectivity index (χ1n) is 11.1. The number of hydrogen-bond donors (Lipinski definition) is 0. The number of benzene rings is 2. The second kappa shape index (κ2) is 9.25. The van der Waals surface area contributed by atoms with Gasteiger partial charge in [0, 0.05) is 5.56 Å². The Kier molecular flexibility index (Phi) is 6.42. The Morgan fingerprint density at radius 3 is 2.38 bits per heavy atom. The summed E-state index contributed by atoms with van der Waals surface area (Å²) in [5, 5.41) is 4.46. The minimum absolute atomic E-state index is 0.0901. The van der Waals surface area contributed by atoms with Crippen molar-refractivity contribution in [1.82, 2.24) is 14.6 Å². The van der Waals surface area contributed by atoms with Crippen LogP contribution < -0.4 is 14.8 Å². The van der Waals surface area contributed by atoms with Crippen molar-refractivity contribution in [3.05, 3.63) is 74.5 Å². The average molecular weight is 448 g/mol. The van der Waals surface area contributed by atoms with Gasteiger partial charge < -0.3 is 4.74 Å². The Hall–Kier alpha value is -2.99. The van der Waals surface area contributed by atoms with E-state index in [4.69, 9.17) is 4.74 Å². The van der Waals surface area contributed by atoms with Crippen molar-refractivity contribution in [2.24, 2.45) is 0 Å². The highest BCUT2D eigenvalue weighted by atomic mass is 32.1. The van der Waals surface area contributed by atoms with Gasteiger partial charge in [-0.1, -0.05) is 88.3 Å². The standard InChI is InChI=1S/C26H29N3O2S/c1-5-6-7-16-31-21-14-8-18(9-15-21)17-22-24(30)29-25(32-22)27-23(28-29)19-10-12-20(13-11-19)26(2,3)4/h8-15,17H,5-7,16H2,1-4H3/b22-17+. The Labute approximate surface area is 192 Å². The minimum atomic E-state index is -0.144. The summed E-state index contributed by atoms with van der Waals surface area (Å²) in [6, 6.07) is 16.0. The maximum atomic E-state index is 12.8. The first-order valence-corrected chi connectivity index (χ1v) is 11.9. The van der Waals surface area contributed by atoms with Crippen LogP contribution in [0.4, 0.5) is 0 Å². The monoisotopic (exact) mass is 447 g/mol. The van der Waals surface area contributed by atoms with Crippen molar-refractivity contribution in [1.29, 1.82) is 0 Å². The summed E-state index contributed by atoms with van der Waals surface area (Å²) in [5.74, 6) is 1.43. The van der Waals surface area contributed by atoms with Gasteiger partial charge >= 0.3 is 0 Å². The van der Waals surface area contributed by atoms with Crippen molar-refractivity contribution in [2.75, 3.05) is 6.61 Å². The van der Waals surface area contributed by atoms with E-state index in [9.17, 15) is 4.79 Å². The molecule has 0 aliphatic rings. The zero-order chi connectivity index (χ0) is 22.7. The van der Waals surface area contributed by atoms with Gasteiger partial charge in [0.1, 0.15) is 5.75 Å². The largest absolute Gasteiger partial charge is 0.494 e. The molecule has 0 fully saturated rings. The fourth-order valence-corrected chi connectivity index (χ4v) is 4.34. The van der Waals surface area contributed by atoms with Crippen LogP contribution in [0.2, 0.25) is 0 Å². The lowest BCUT2D eigenvalue weighted by atomic mass is 9.87. The van der Waals surface area contributed by atoms with Crippen LogP contribution in [0.15, 0.2) is 53.3 Å². The minimum Gasteiger partial charge on any atom is -0.494 e. The molecule has 4 aromatic rings. The van der Waals surface area contributed by atoms with E-state index in [1.54, 1.807) is 0 Å². The van der Waals surface area contributed by atoms with E-state index in [0.29, 0.717) is 15.3 Å². The number of hydrogen-bond acceptors (Lipinski definition) is 5. The molecule has 0 unspecified atom stereocenters. The molecule has 0 atom stereocenters. The average Bonchev–Trinajstić information content (AvgIpc) is 3.31. The summed E-state index contributed by atoms with van der Waals surface area (Å²) in [7, 11) is 0. The van der Waals surface area contributed by atoms with Crippen LogP contribution in [-0.2, 0) is 5.41 Å². The van der Waals surface area contributed by atoms with Gasteiger partial charge in [0.05, 0.1) is 11.1 Å². The maximum absolute atomic E-state index is 12.8. The molecule has 0 saturated carbocycles. The zero-order valence-electron chi connectivity index (χ0n) is 19.1. The van der Waals surface area contributed by atoms with Crippen molar-refractivity contribution >= 4 is 22.4 Å². The van der Waals surface area contributed by atoms with Crippen LogP contribution in [0.3, 0.4) is 0 Å². The topological polar surface area (TPSA) is 56.5 Å². The van der Waals surface area contributed by atoms with Crippen molar-refractivity contribution in [3.8, 4) is 17.1 Å². The van der Waals surface area contributed by atoms with Crippen LogP contribution in [0.25, 0.3) is 22.4 Å². The summed E-state index contributed by atoms with van der Waals surface area (Å²) in [6.45, 7) is 9.46. The van der Waals surface area contributed by atoms with Crippen LogP contribution in [-0.4, -0.2) is 21.2 Å². The molecule has 6 heteroatoms. The molecule has 32 heavy (non-hydrogen) atoms. The third-order valence-corrected chi connectivity index (χ3v) is 6.34. The molecule has 5 nitrogen and oxygen atoms in total. The quantitative estimate of drug-likeness (QED) is 0.364. The summed E-state index contributed by atoms with van der Waals surface area (Å²) >= 11 is 1.36. The van der Waals surface area contributed by atoms with E-state index in [2.05, 4.69) is 49.9 Å². The zero-order valence-corrected chi connectivity index (χ0v) is 19.9. The first kappa shape index (κ1) is 22.2. The number of rotatable bonds is 7. The summed E-state index contributed by atoms with van der Waals surface area (Å²) in [6.07, 6.45) is 5.30. The molecule has 0 amide bonds. The highest BCUT2D eigenvalue weighted by Gasteiger charge is 2.15. The molecule has 0 N–H and O–H groups in total. The predicted molar refractivity (Wildman–Crippen MR) is 132 cm³/mol. The molecule has 0 aliphatic carbocycles. The van der Waals surface area contributed by atoms with Crippen LogP contribution >= 0.6 is 11.3 Å². The van der Waals surface area contributed by atoms with Gasteiger partial charge in [0.15, 0.2) is 5.82 Å². The van der Waals surface area contributed by atoms with Crippen molar-refractivity contribution in [2.45, 2.75) is 52.4 Å². The molecule has 0 saturated heterocycles. The van der Waals surface area contributed by atoms with Gasteiger partial charge in [-0.15, -0.1) is 5.10 Å². The van der Waals surface area contributed by atoms with Crippen molar-refractivity contribution in [3.63, 3.8) is 0 Å². The Morgan fingerprint density at radius 2 is 1.75 bits per heavy atom. The van der Waals surface area contributed by atoms with Gasteiger partial charge in [0.2, 0.25) is 4.96 Å². The Balaban J connectivity index is 1.54. The second-order valence-electron chi connectivity index (χ2n) is 9.00.